The molecule has 0 aliphatic heterocycles. The van der Waals surface area contributed by atoms with Crippen molar-refractivity contribution >= 4 is 17.2 Å². The van der Waals surface area contributed by atoms with Gasteiger partial charge in [0.05, 0.1) is 11.0 Å². The summed E-state index contributed by atoms with van der Waals surface area (Å²) in [7, 11) is 0. The van der Waals surface area contributed by atoms with E-state index in [1.54, 1.807) is 6.92 Å². The summed E-state index contributed by atoms with van der Waals surface area (Å²) < 4.78 is 5.08. The van der Waals surface area contributed by atoms with Crippen molar-refractivity contribution in [1.29, 1.82) is 0 Å². The van der Waals surface area contributed by atoms with E-state index in [2.05, 4.69) is 15.5 Å². The van der Waals surface area contributed by atoms with Crippen molar-refractivity contribution in [2.75, 3.05) is 6.54 Å². The summed E-state index contributed by atoms with van der Waals surface area (Å²) in [6, 6.07) is 3.83. The maximum atomic E-state index is 11.4. The molecule has 2 aromatic rings. The number of carbonyl (C=O) groups is 1. The molecule has 2 aromatic heterocycles. The average molecular weight is 281 g/mol. The first-order chi connectivity index (χ1) is 9.15. The van der Waals surface area contributed by atoms with Crippen molar-refractivity contribution in [2.45, 2.75) is 25.9 Å². The number of amides is 1. The molecule has 0 aromatic carbocycles. The number of aromatic nitrogens is 2. The van der Waals surface area contributed by atoms with E-state index in [-0.39, 0.29) is 18.9 Å². The predicted octanol–water partition coefficient (Wildman–Crippen LogP) is 1.23. The zero-order chi connectivity index (χ0) is 13.7. The third kappa shape index (κ3) is 4.15. The fraction of sp³-hybridized carbons (Fsp3) is 0.417. The van der Waals surface area contributed by atoms with Crippen LogP contribution in [0.5, 0.6) is 0 Å². The van der Waals surface area contributed by atoms with Gasteiger partial charge in [-0.1, -0.05) is 11.2 Å². The topological polar surface area (TPSA) is 88.2 Å². The number of hydrogen-bond donors (Lipinski definition) is 2. The number of carbonyl (C=O) groups excluding carboxylic acids is 1. The highest BCUT2D eigenvalue weighted by atomic mass is 32.1. The Kier molecular flexibility index (Phi) is 4.64. The fourth-order valence-corrected chi connectivity index (χ4v) is 2.08. The van der Waals surface area contributed by atoms with E-state index in [4.69, 9.17) is 9.63 Å². The van der Waals surface area contributed by atoms with Gasteiger partial charge in [0.1, 0.15) is 0 Å². The smallest absolute Gasteiger partial charge is 0.227 e. The first-order valence-electron chi connectivity index (χ1n) is 5.96. The maximum absolute atomic E-state index is 11.4. The monoisotopic (exact) mass is 281 g/mol. The van der Waals surface area contributed by atoms with Crippen LogP contribution in [0.1, 0.15) is 19.2 Å². The van der Waals surface area contributed by atoms with Crippen LogP contribution in [0, 0.1) is 0 Å². The number of aliphatic hydroxyl groups is 1. The number of hydrogen-bond acceptors (Lipinski definition) is 6. The highest BCUT2D eigenvalue weighted by Crippen LogP contribution is 2.21. The molecular weight excluding hydrogens is 266 g/mol. The van der Waals surface area contributed by atoms with Crippen LogP contribution in [0.15, 0.2) is 22.0 Å². The summed E-state index contributed by atoms with van der Waals surface area (Å²) >= 11 is 1.53. The number of aliphatic hydroxyl groups excluding tert-OH is 1. The normalized spacial score (nSPS) is 12.3. The SMILES string of the molecule is CC(O)CNC(=O)CCc1nc(-c2cccs2)no1. The van der Waals surface area contributed by atoms with E-state index in [0.717, 1.165) is 4.88 Å². The van der Waals surface area contributed by atoms with E-state index in [9.17, 15) is 4.79 Å². The highest BCUT2D eigenvalue weighted by Gasteiger charge is 2.11. The molecule has 0 fully saturated rings. The van der Waals surface area contributed by atoms with E-state index in [0.29, 0.717) is 18.1 Å². The van der Waals surface area contributed by atoms with Crippen molar-refractivity contribution in [3.8, 4) is 10.7 Å². The lowest BCUT2D eigenvalue weighted by molar-refractivity contribution is -0.121. The van der Waals surface area contributed by atoms with Gasteiger partial charge in [-0.25, -0.2) is 0 Å². The van der Waals surface area contributed by atoms with Crippen molar-refractivity contribution < 1.29 is 14.4 Å². The number of aryl methyl sites for hydroxylation is 1. The second kappa shape index (κ2) is 6.44. The van der Waals surface area contributed by atoms with Crippen molar-refractivity contribution in [3.63, 3.8) is 0 Å². The Morgan fingerprint density at radius 2 is 2.47 bits per heavy atom. The highest BCUT2D eigenvalue weighted by molar-refractivity contribution is 7.13. The Bertz CT molecular complexity index is 522. The zero-order valence-corrected chi connectivity index (χ0v) is 11.3. The average Bonchev–Trinajstić information content (AvgIpc) is 3.03. The minimum absolute atomic E-state index is 0.142. The van der Waals surface area contributed by atoms with Gasteiger partial charge in [-0.2, -0.15) is 4.98 Å². The second-order valence-corrected chi connectivity index (χ2v) is 5.09. The minimum Gasteiger partial charge on any atom is -0.392 e. The molecular formula is C12H15N3O3S. The van der Waals surface area contributed by atoms with Gasteiger partial charge in [0.25, 0.3) is 0 Å². The van der Waals surface area contributed by atoms with Crippen LogP contribution in [0.3, 0.4) is 0 Å². The van der Waals surface area contributed by atoms with Crippen LogP contribution < -0.4 is 5.32 Å². The molecule has 0 radical (unpaired) electrons. The first kappa shape index (κ1) is 13.7. The predicted molar refractivity (Wildman–Crippen MR) is 70.6 cm³/mol. The number of nitrogens with one attached hydrogen (secondary N) is 1. The molecule has 0 bridgehead atoms. The van der Waals surface area contributed by atoms with E-state index < -0.39 is 6.10 Å². The molecule has 1 atom stereocenters. The molecule has 1 amide bonds. The van der Waals surface area contributed by atoms with Crippen molar-refractivity contribution in [1.82, 2.24) is 15.5 Å². The van der Waals surface area contributed by atoms with Gasteiger partial charge in [0.2, 0.25) is 17.6 Å². The molecule has 19 heavy (non-hydrogen) atoms. The second-order valence-electron chi connectivity index (χ2n) is 4.14. The number of nitrogens with zero attached hydrogens (tertiary/aromatic N) is 2. The van der Waals surface area contributed by atoms with Crippen LogP contribution in [-0.2, 0) is 11.2 Å². The Morgan fingerprint density at radius 1 is 1.63 bits per heavy atom. The van der Waals surface area contributed by atoms with E-state index in [1.165, 1.54) is 11.3 Å². The summed E-state index contributed by atoms with van der Waals surface area (Å²) in [6.45, 7) is 1.87. The van der Waals surface area contributed by atoms with Gasteiger partial charge >= 0.3 is 0 Å². The Hall–Kier alpha value is -1.73. The molecule has 2 rings (SSSR count). The zero-order valence-electron chi connectivity index (χ0n) is 10.5. The van der Waals surface area contributed by atoms with E-state index in [1.807, 2.05) is 17.5 Å². The van der Waals surface area contributed by atoms with Gasteiger partial charge < -0.3 is 14.9 Å². The summed E-state index contributed by atoms with van der Waals surface area (Å²) in [4.78, 5) is 16.6. The van der Waals surface area contributed by atoms with Crippen LogP contribution >= 0.6 is 11.3 Å². The van der Waals surface area contributed by atoms with E-state index >= 15 is 0 Å². The molecule has 102 valence electrons. The molecule has 0 aliphatic rings. The molecule has 2 N–H and O–H groups in total. The lowest BCUT2D eigenvalue weighted by Gasteiger charge is -2.05. The molecule has 7 heteroatoms. The quantitative estimate of drug-likeness (QED) is 0.831. The molecule has 6 nitrogen and oxygen atoms in total. The van der Waals surface area contributed by atoms with Crippen LogP contribution in [0.25, 0.3) is 10.7 Å². The van der Waals surface area contributed by atoms with Gasteiger partial charge in [-0.15, -0.1) is 11.3 Å². The van der Waals surface area contributed by atoms with Crippen LogP contribution in [-0.4, -0.2) is 33.8 Å². The number of thiophene rings is 1. The Morgan fingerprint density at radius 3 is 3.16 bits per heavy atom. The fourth-order valence-electron chi connectivity index (χ4n) is 1.43. The summed E-state index contributed by atoms with van der Waals surface area (Å²) in [5.74, 6) is 0.849. The molecule has 1 unspecified atom stereocenters. The standard InChI is InChI=1S/C12H15N3O3S/c1-8(16)7-13-10(17)4-5-11-14-12(15-18-11)9-3-2-6-19-9/h2-3,6,8,16H,4-5,7H2,1H3,(H,13,17). The molecule has 0 saturated heterocycles. The van der Waals surface area contributed by atoms with Gasteiger partial charge in [0, 0.05) is 19.4 Å². The van der Waals surface area contributed by atoms with Gasteiger partial charge in [0.15, 0.2) is 0 Å². The van der Waals surface area contributed by atoms with Crippen molar-refractivity contribution in [2.24, 2.45) is 0 Å². The molecule has 2 heterocycles. The summed E-state index contributed by atoms with van der Waals surface area (Å²) in [5, 5.41) is 17.5. The Balaban J connectivity index is 1.82. The lowest BCUT2D eigenvalue weighted by atomic mass is 10.3. The first-order valence-corrected chi connectivity index (χ1v) is 6.84. The third-order valence-electron chi connectivity index (χ3n) is 2.37. The lowest BCUT2D eigenvalue weighted by Crippen LogP contribution is -2.30. The maximum Gasteiger partial charge on any atom is 0.227 e. The largest absolute Gasteiger partial charge is 0.392 e. The van der Waals surface area contributed by atoms with Crippen molar-refractivity contribution in [3.05, 3.63) is 23.4 Å². The summed E-state index contributed by atoms with van der Waals surface area (Å²) in [6.07, 6.45) is 0.112. The molecule has 0 spiro atoms. The van der Waals surface area contributed by atoms with Gasteiger partial charge in [-0.05, 0) is 18.4 Å². The van der Waals surface area contributed by atoms with Crippen LogP contribution in [0.2, 0.25) is 0 Å². The Labute approximate surface area is 114 Å². The van der Waals surface area contributed by atoms with Gasteiger partial charge in [-0.3, -0.25) is 4.79 Å². The van der Waals surface area contributed by atoms with Crippen LogP contribution in [0.4, 0.5) is 0 Å². The molecule has 0 aliphatic carbocycles. The minimum atomic E-state index is -0.544. The molecule has 0 saturated carbocycles. The summed E-state index contributed by atoms with van der Waals surface area (Å²) in [5.41, 5.74) is 0. The number of rotatable bonds is 6. The third-order valence-corrected chi connectivity index (χ3v) is 3.24.